The molecule has 0 unspecified atom stereocenters. The van der Waals surface area contributed by atoms with Crippen molar-refractivity contribution in [2.24, 2.45) is 5.41 Å². The second-order valence-corrected chi connectivity index (χ2v) is 5.49. The van der Waals surface area contributed by atoms with Gasteiger partial charge in [-0.3, -0.25) is 0 Å². The Morgan fingerprint density at radius 1 is 1.35 bits per heavy atom. The van der Waals surface area contributed by atoms with Crippen LogP contribution < -0.4 is 5.32 Å². The highest BCUT2D eigenvalue weighted by molar-refractivity contribution is 6.35. The van der Waals surface area contributed by atoms with Crippen LogP contribution in [0.3, 0.4) is 0 Å². The number of anilines is 1. The van der Waals surface area contributed by atoms with E-state index in [-0.39, 0.29) is 5.41 Å². The summed E-state index contributed by atoms with van der Waals surface area (Å²) in [7, 11) is 0. The van der Waals surface area contributed by atoms with Crippen molar-refractivity contribution in [2.75, 3.05) is 11.9 Å². The Bertz CT molecular complexity index is 422. The van der Waals surface area contributed by atoms with Crippen molar-refractivity contribution in [3.8, 4) is 6.07 Å². The first kappa shape index (κ1) is 14.2. The molecule has 0 fully saturated rings. The van der Waals surface area contributed by atoms with Crippen LogP contribution in [0, 0.1) is 16.7 Å². The molecule has 0 aromatic heterocycles. The number of halogens is 2. The third-order valence-electron chi connectivity index (χ3n) is 2.53. The minimum Gasteiger partial charge on any atom is -0.384 e. The molecule has 0 aliphatic carbocycles. The van der Waals surface area contributed by atoms with Crippen molar-refractivity contribution in [1.82, 2.24) is 0 Å². The summed E-state index contributed by atoms with van der Waals surface area (Å²) in [6.07, 6.45) is 1.78. The SMILES string of the molecule is CC(C)(C#N)CCCNc1cc(Cl)ccc1Cl. The van der Waals surface area contributed by atoms with E-state index in [0.717, 1.165) is 25.1 Å². The molecule has 0 amide bonds. The van der Waals surface area contributed by atoms with E-state index in [1.807, 2.05) is 13.8 Å². The Morgan fingerprint density at radius 3 is 2.71 bits per heavy atom. The van der Waals surface area contributed by atoms with Crippen molar-refractivity contribution < 1.29 is 0 Å². The maximum Gasteiger partial charge on any atom is 0.0683 e. The van der Waals surface area contributed by atoms with Gasteiger partial charge in [0.15, 0.2) is 0 Å². The van der Waals surface area contributed by atoms with E-state index >= 15 is 0 Å². The summed E-state index contributed by atoms with van der Waals surface area (Å²) < 4.78 is 0. The van der Waals surface area contributed by atoms with E-state index in [2.05, 4.69) is 11.4 Å². The molecule has 0 heterocycles. The predicted octanol–water partition coefficient (Wildman–Crippen LogP) is 4.74. The lowest BCUT2D eigenvalue weighted by molar-refractivity contribution is 0.441. The minimum absolute atomic E-state index is 0.264. The second-order valence-electron chi connectivity index (χ2n) is 4.65. The molecule has 17 heavy (non-hydrogen) atoms. The van der Waals surface area contributed by atoms with Crippen molar-refractivity contribution in [3.63, 3.8) is 0 Å². The van der Waals surface area contributed by atoms with Crippen LogP contribution in [-0.2, 0) is 0 Å². The molecule has 0 atom stereocenters. The third kappa shape index (κ3) is 4.85. The van der Waals surface area contributed by atoms with Crippen molar-refractivity contribution in [2.45, 2.75) is 26.7 Å². The molecule has 0 spiro atoms. The van der Waals surface area contributed by atoms with Crippen LogP contribution in [-0.4, -0.2) is 6.54 Å². The van der Waals surface area contributed by atoms with Gasteiger partial charge < -0.3 is 5.32 Å². The van der Waals surface area contributed by atoms with E-state index in [9.17, 15) is 0 Å². The zero-order valence-electron chi connectivity index (χ0n) is 10.1. The summed E-state index contributed by atoms with van der Waals surface area (Å²) in [6.45, 7) is 4.67. The average Bonchev–Trinajstić information content (AvgIpc) is 2.29. The Kier molecular flexibility index (Phi) is 5.11. The first-order valence-electron chi connectivity index (χ1n) is 5.55. The molecule has 4 heteroatoms. The largest absolute Gasteiger partial charge is 0.384 e. The molecule has 1 rings (SSSR count). The summed E-state index contributed by atoms with van der Waals surface area (Å²) in [4.78, 5) is 0. The first-order chi connectivity index (χ1) is 7.94. The minimum atomic E-state index is -0.264. The quantitative estimate of drug-likeness (QED) is 0.785. The molecule has 92 valence electrons. The van der Waals surface area contributed by atoms with E-state index in [1.54, 1.807) is 18.2 Å². The van der Waals surface area contributed by atoms with Gasteiger partial charge in [0.2, 0.25) is 0 Å². The van der Waals surface area contributed by atoms with Crippen LogP contribution in [0.15, 0.2) is 18.2 Å². The number of nitriles is 1. The van der Waals surface area contributed by atoms with Gasteiger partial charge >= 0.3 is 0 Å². The van der Waals surface area contributed by atoms with Gasteiger partial charge in [-0.2, -0.15) is 5.26 Å². The predicted molar refractivity (Wildman–Crippen MR) is 73.6 cm³/mol. The molecule has 0 aliphatic rings. The summed E-state index contributed by atoms with van der Waals surface area (Å²) >= 11 is 11.9. The molecule has 1 aromatic carbocycles. The normalized spacial score (nSPS) is 11.0. The zero-order valence-corrected chi connectivity index (χ0v) is 11.6. The first-order valence-corrected chi connectivity index (χ1v) is 6.30. The van der Waals surface area contributed by atoms with Crippen LogP contribution in [0.4, 0.5) is 5.69 Å². The van der Waals surface area contributed by atoms with Crippen LogP contribution in [0.5, 0.6) is 0 Å². The Morgan fingerprint density at radius 2 is 2.06 bits per heavy atom. The number of hydrogen-bond acceptors (Lipinski definition) is 2. The smallest absolute Gasteiger partial charge is 0.0683 e. The molecule has 0 bridgehead atoms. The highest BCUT2D eigenvalue weighted by atomic mass is 35.5. The standard InChI is InChI=1S/C13H16Cl2N2/c1-13(2,9-16)6-3-7-17-12-8-10(14)4-5-11(12)15/h4-5,8,17H,3,6-7H2,1-2H3. The number of benzene rings is 1. The lowest BCUT2D eigenvalue weighted by Gasteiger charge is -2.15. The van der Waals surface area contributed by atoms with E-state index < -0.39 is 0 Å². The fraction of sp³-hybridized carbons (Fsp3) is 0.462. The van der Waals surface area contributed by atoms with Gasteiger partial charge in [0, 0.05) is 11.6 Å². The third-order valence-corrected chi connectivity index (χ3v) is 3.09. The number of hydrogen-bond donors (Lipinski definition) is 1. The molecule has 0 aliphatic heterocycles. The van der Waals surface area contributed by atoms with Gasteiger partial charge in [-0.05, 0) is 44.9 Å². The monoisotopic (exact) mass is 270 g/mol. The molecule has 2 nitrogen and oxygen atoms in total. The zero-order chi connectivity index (χ0) is 12.9. The van der Waals surface area contributed by atoms with E-state index in [4.69, 9.17) is 28.5 Å². The topological polar surface area (TPSA) is 35.8 Å². The van der Waals surface area contributed by atoms with Crippen LogP contribution in [0.1, 0.15) is 26.7 Å². The van der Waals surface area contributed by atoms with E-state index in [1.165, 1.54) is 0 Å². The lowest BCUT2D eigenvalue weighted by Crippen LogP contribution is -2.11. The van der Waals surface area contributed by atoms with Crippen molar-refractivity contribution >= 4 is 28.9 Å². The number of rotatable bonds is 5. The summed E-state index contributed by atoms with van der Waals surface area (Å²) in [5.41, 5.74) is 0.578. The average molecular weight is 271 g/mol. The molecular weight excluding hydrogens is 255 g/mol. The van der Waals surface area contributed by atoms with Gasteiger partial charge in [-0.15, -0.1) is 0 Å². The summed E-state index contributed by atoms with van der Waals surface area (Å²) in [5, 5.41) is 13.4. The fourth-order valence-electron chi connectivity index (χ4n) is 1.44. The van der Waals surface area contributed by atoms with Crippen LogP contribution >= 0.6 is 23.2 Å². The van der Waals surface area contributed by atoms with Crippen molar-refractivity contribution in [1.29, 1.82) is 5.26 Å². The van der Waals surface area contributed by atoms with Crippen LogP contribution in [0.25, 0.3) is 0 Å². The van der Waals surface area contributed by atoms with Gasteiger partial charge in [0.25, 0.3) is 0 Å². The molecule has 0 saturated heterocycles. The maximum absolute atomic E-state index is 8.88. The number of nitrogens with one attached hydrogen (secondary N) is 1. The molecule has 0 saturated carbocycles. The van der Waals surface area contributed by atoms with Crippen molar-refractivity contribution in [3.05, 3.63) is 28.2 Å². The molecular formula is C13H16Cl2N2. The number of nitrogens with zero attached hydrogens (tertiary/aromatic N) is 1. The Hall–Kier alpha value is -0.910. The second kappa shape index (κ2) is 6.14. The molecule has 1 aromatic rings. The molecule has 1 N–H and O–H groups in total. The van der Waals surface area contributed by atoms with Gasteiger partial charge in [0.05, 0.1) is 22.2 Å². The Labute approximate surface area is 113 Å². The van der Waals surface area contributed by atoms with Gasteiger partial charge in [0.1, 0.15) is 0 Å². The van der Waals surface area contributed by atoms with E-state index in [0.29, 0.717) is 10.0 Å². The Balaban J connectivity index is 2.42. The maximum atomic E-state index is 8.88. The summed E-state index contributed by atoms with van der Waals surface area (Å²) in [5.74, 6) is 0. The van der Waals surface area contributed by atoms with Gasteiger partial charge in [-0.1, -0.05) is 23.2 Å². The summed E-state index contributed by atoms with van der Waals surface area (Å²) in [6, 6.07) is 7.62. The lowest BCUT2D eigenvalue weighted by atomic mass is 9.90. The fourth-order valence-corrected chi connectivity index (χ4v) is 1.80. The highest BCUT2D eigenvalue weighted by Gasteiger charge is 2.15. The van der Waals surface area contributed by atoms with Crippen LogP contribution in [0.2, 0.25) is 10.0 Å². The molecule has 0 radical (unpaired) electrons. The highest BCUT2D eigenvalue weighted by Crippen LogP contribution is 2.26. The van der Waals surface area contributed by atoms with Gasteiger partial charge in [-0.25, -0.2) is 0 Å².